The first-order chi connectivity index (χ1) is 11.2. The Morgan fingerprint density at radius 1 is 1.12 bits per heavy atom. The summed E-state index contributed by atoms with van der Waals surface area (Å²) < 4.78 is 6.98. The van der Waals surface area contributed by atoms with Gasteiger partial charge in [0.15, 0.2) is 5.78 Å². The molecule has 1 fully saturated rings. The number of ketones is 1. The fraction of sp³-hybridized carbons (Fsp3) is 0.316. The van der Waals surface area contributed by atoms with Crippen molar-refractivity contribution < 1.29 is 26.8 Å². The fourth-order valence-corrected chi connectivity index (χ4v) is 3.21. The van der Waals surface area contributed by atoms with Gasteiger partial charge in [0, 0.05) is 10.0 Å². The summed E-state index contributed by atoms with van der Waals surface area (Å²) in [4.78, 5) is 13.7. The van der Waals surface area contributed by atoms with Gasteiger partial charge in [0.25, 0.3) is 0 Å². The van der Waals surface area contributed by atoms with Crippen LogP contribution in [-0.4, -0.2) is 32.0 Å². The summed E-state index contributed by atoms with van der Waals surface area (Å²) in [6, 6.07) is 17.9. The highest BCUT2D eigenvalue weighted by molar-refractivity contribution is 9.10. The van der Waals surface area contributed by atoms with Crippen LogP contribution in [0.15, 0.2) is 59.1 Å². The SMILES string of the molecule is O=C(CC[NH+]1CCOC(c2ccc(Br)cc2)C1)c1ccccc1.[Cl-]. The van der Waals surface area contributed by atoms with Gasteiger partial charge in [-0.2, -0.15) is 0 Å². The number of Topliss-reactive ketones (excluding diaryl/α,β-unsaturated/α-hetero) is 1. The predicted octanol–water partition coefficient (Wildman–Crippen LogP) is -0.318. The molecule has 0 saturated carbocycles. The van der Waals surface area contributed by atoms with E-state index in [1.165, 1.54) is 10.5 Å². The summed E-state index contributed by atoms with van der Waals surface area (Å²) in [6.45, 7) is 3.50. The molecule has 2 aromatic rings. The quantitative estimate of drug-likeness (QED) is 0.685. The Labute approximate surface area is 157 Å². The molecule has 1 saturated heterocycles. The number of ether oxygens (including phenoxy) is 1. The van der Waals surface area contributed by atoms with Crippen LogP contribution in [0, 0.1) is 0 Å². The number of hydrogen-bond donors (Lipinski definition) is 1. The highest BCUT2D eigenvalue weighted by Crippen LogP contribution is 2.19. The summed E-state index contributed by atoms with van der Waals surface area (Å²) >= 11 is 3.46. The van der Waals surface area contributed by atoms with Gasteiger partial charge in [-0.05, 0) is 17.7 Å². The van der Waals surface area contributed by atoms with Gasteiger partial charge in [0.1, 0.15) is 19.2 Å². The van der Waals surface area contributed by atoms with Crippen molar-refractivity contribution in [2.75, 3.05) is 26.2 Å². The van der Waals surface area contributed by atoms with Crippen LogP contribution in [0.3, 0.4) is 0 Å². The Morgan fingerprint density at radius 3 is 2.54 bits per heavy atom. The van der Waals surface area contributed by atoms with E-state index in [0.29, 0.717) is 6.42 Å². The molecule has 0 bridgehead atoms. The minimum atomic E-state index is 0. The Balaban J connectivity index is 0.00000208. The molecule has 24 heavy (non-hydrogen) atoms. The molecule has 1 aliphatic rings. The molecule has 2 atom stereocenters. The average Bonchev–Trinajstić information content (AvgIpc) is 2.61. The highest BCUT2D eigenvalue weighted by atomic mass is 79.9. The van der Waals surface area contributed by atoms with Gasteiger partial charge < -0.3 is 22.0 Å². The van der Waals surface area contributed by atoms with Crippen molar-refractivity contribution in [3.63, 3.8) is 0 Å². The number of benzene rings is 2. The molecular formula is C19H21BrClNO2. The van der Waals surface area contributed by atoms with Crippen molar-refractivity contribution in [3.05, 3.63) is 70.2 Å². The largest absolute Gasteiger partial charge is 1.00 e. The zero-order valence-corrected chi connectivity index (χ0v) is 15.7. The minimum absolute atomic E-state index is 0. The summed E-state index contributed by atoms with van der Waals surface area (Å²) in [7, 11) is 0. The maximum Gasteiger partial charge on any atom is 0.168 e. The molecule has 2 unspecified atom stereocenters. The first-order valence-corrected chi connectivity index (χ1v) is 8.80. The van der Waals surface area contributed by atoms with Gasteiger partial charge in [-0.3, -0.25) is 4.79 Å². The van der Waals surface area contributed by atoms with Crippen LogP contribution in [0.4, 0.5) is 0 Å². The van der Waals surface area contributed by atoms with Crippen LogP contribution < -0.4 is 17.3 Å². The van der Waals surface area contributed by atoms with Crippen molar-refractivity contribution >= 4 is 21.7 Å². The predicted molar refractivity (Wildman–Crippen MR) is 93.8 cm³/mol. The van der Waals surface area contributed by atoms with E-state index >= 15 is 0 Å². The molecule has 128 valence electrons. The zero-order chi connectivity index (χ0) is 16.1. The normalized spacial score (nSPS) is 20.2. The summed E-state index contributed by atoms with van der Waals surface area (Å²) in [5, 5.41) is 0. The van der Waals surface area contributed by atoms with E-state index in [9.17, 15) is 4.79 Å². The monoisotopic (exact) mass is 409 g/mol. The lowest BCUT2D eigenvalue weighted by atomic mass is 10.1. The molecular weight excluding hydrogens is 390 g/mol. The molecule has 3 rings (SSSR count). The average molecular weight is 411 g/mol. The zero-order valence-electron chi connectivity index (χ0n) is 13.4. The smallest absolute Gasteiger partial charge is 0.168 e. The van der Waals surface area contributed by atoms with Crippen LogP contribution >= 0.6 is 15.9 Å². The van der Waals surface area contributed by atoms with E-state index in [2.05, 4.69) is 28.1 Å². The van der Waals surface area contributed by atoms with E-state index in [-0.39, 0.29) is 24.3 Å². The van der Waals surface area contributed by atoms with E-state index in [1.807, 2.05) is 42.5 Å². The maximum absolute atomic E-state index is 12.2. The van der Waals surface area contributed by atoms with Crippen LogP contribution in [0.5, 0.6) is 0 Å². The van der Waals surface area contributed by atoms with Gasteiger partial charge in [-0.1, -0.05) is 58.4 Å². The second-order valence-corrected chi connectivity index (χ2v) is 6.82. The fourth-order valence-electron chi connectivity index (χ4n) is 2.95. The summed E-state index contributed by atoms with van der Waals surface area (Å²) in [5.41, 5.74) is 2.02. The second kappa shape index (κ2) is 9.33. The number of quaternary nitrogens is 1. The summed E-state index contributed by atoms with van der Waals surface area (Å²) in [6.07, 6.45) is 0.713. The standard InChI is InChI=1S/C19H20BrNO2.ClH/c20-17-8-6-16(7-9-17)19-14-21(12-13-23-19)11-10-18(22)15-4-2-1-3-5-15;/h1-9,19H,10-14H2;1H. The van der Waals surface area contributed by atoms with E-state index in [4.69, 9.17) is 4.74 Å². The van der Waals surface area contributed by atoms with Crippen LogP contribution in [-0.2, 0) is 4.74 Å². The Hall–Kier alpha value is -1.20. The number of hydrogen-bond acceptors (Lipinski definition) is 2. The van der Waals surface area contributed by atoms with Crippen molar-refractivity contribution in [3.8, 4) is 0 Å². The lowest BCUT2D eigenvalue weighted by Crippen LogP contribution is -3.14. The summed E-state index contributed by atoms with van der Waals surface area (Å²) in [5.74, 6) is 0.227. The highest BCUT2D eigenvalue weighted by Gasteiger charge is 2.25. The number of carbonyl (C=O) groups excluding carboxylic acids is 1. The van der Waals surface area contributed by atoms with Crippen molar-refractivity contribution in [1.82, 2.24) is 0 Å². The van der Waals surface area contributed by atoms with E-state index in [0.717, 1.165) is 36.3 Å². The molecule has 3 nitrogen and oxygen atoms in total. The topological polar surface area (TPSA) is 30.7 Å². The van der Waals surface area contributed by atoms with Crippen LogP contribution in [0.25, 0.3) is 0 Å². The first kappa shape index (κ1) is 19.1. The number of halogens is 2. The second-order valence-electron chi connectivity index (χ2n) is 5.90. The third-order valence-corrected chi connectivity index (χ3v) is 4.82. The molecule has 0 radical (unpaired) electrons. The van der Waals surface area contributed by atoms with Gasteiger partial charge in [0.05, 0.1) is 19.6 Å². The molecule has 0 aliphatic carbocycles. The Bertz CT molecular complexity index is 648. The van der Waals surface area contributed by atoms with Crippen LogP contribution in [0.2, 0.25) is 0 Å². The third kappa shape index (κ3) is 5.15. The van der Waals surface area contributed by atoms with Crippen molar-refractivity contribution in [2.45, 2.75) is 12.5 Å². The first-order valence-electron chi connectivity index (χ1n) is 8.01. The van der Waals surface area contributed by atoms with Gasteiger partial charge in [-0.15, -0.1) is 0 Å². The molecule has 1 aliphatic heterocycles. The van der Waals surface area contributed by atoms with Crippen molar-refractivity contribution in [2.24, 2.45) is 0 Å². The molecule has 0 aromatic heterocycles. The lowest BCUT2D eigenvalue weighted by Gasteiger charge is -2.30. The molecule has 0 spiro atoms. The minimum Gasteiger partial charge on any atom is -1.00 e. The maximum atomic E-state index is 12.2. The van der Waals surface area contributed by atoms with Crippen molar-refractivity contribution in [1.29, 1.82) is 0 Å². The van der Waals surface area contributed by atoms with E-state index in [1.54, 1.807) is 0 Å². The number of carbonyl (C=O) groups is 1. The number of rotatable bonds is 5. The molecule has 5 heteroatoms. The van der Waals surface area contributed by atoms with Gasteiger partial charge in [0.2, 0.25) is 0 Å². The molecule has 1 N–H and O–H groups in total. The van der Waals surface area contributed by atoms with Gasteiger partial charge >= 0.3 is 0 Å². The van der Waals surface area contributed by atoms with E-state index < -0.39 is 0 Å². The number of morpholine rings is 1. The molecule has 1 heterocycles. The Morgan fingerprint density at radius 2 is 1.83 bits per heavy atom. The third-order valence-electron chi connectivity index (χ3n) is 4.29. The Kier molecular flexibility index (Phi) is 7.43. The van der Waals surface area contributed by atoms with Crippen LogP contribution in [0.1, 0.15) is 28.4 Å². The lowest BCUT2D eigenvalue weighted by molar-refractivity contribution is -0.912. The van der Waals surface area contributed by atoms with Gasteiger partial charge in [-0.25, -0.2) is 0 Å². The number of nitrogens with one attached hydrogen (secondary N) is 1. The molecule has 2 aromatic carbocycles. The molecule has 0 amide bonds.